The number of benzene rings is 1. The van der Waals surface area contributed by atoms with E-state index in [1.54, 1.807) is 13.8 Å². The highest BCUT2D eigenvalue weighted by molar-refractivity contribution is 7.89. The molecule has 0 saturated carbocycles. The molecule has 1 rings (SSSR count). The summed E-state index contributed by atoms with van der Waals surface area (Å²) in [5, 5.41) is 10.7. The normalized spacial score (nSPS) is 12.7. The highest BCUT2D eigenvalue weighted by Crippen LogP contribution is 2.31. The van der Waals surface area contributed by atoms with Crippen LogP contribution < -0.4 is 0 Å². The second-order valence-electron chi connectivity index (χ2n) is 5.01. The van der Waals surface area contributed by atoms with Crippen molar-refractivity contribution in [1.29, 1.82) is 0 Å². The number of sulfonamides is 1. The molecule has 0 unspecified atom stereocenters. The van der Waals surface area contributed by atoms with Crippen LogP contribution in [0.25, 0.3) is 0 Å². The zero-order valence-corrected chi connectivity index (χ0v) is 13.3. The lowest BCUT2D eigenvalue weighted by Crippen LogP contribution is -2.44. The van der Waals surface area contributed by atoms with E-state index in [9.17, 15) is 18.5 Å². The number of nitro benzene ring substituents is 1. The second-order valence-corrected chi connectivity index (χ2v) is 7.36. The lowest BCUT2D eigenvalue weighted by Gasteiger charge is -2.33. The van der Waals surface area contributed by atoms with E-state index in [1.807, 2.05) is 6.92 Å². The van der Waals surface area contributed by atoms with Gasteiger partial charge in [-0.25, -0.2) is 8.42 Å². The van der Waals surface area contributed by atoms with Crippen LogP contribution in [0.5, 0.6) is 0 Å². The maximum atomic E-state index is 12.6. The van der Waals surface area contributed by atoms with Gasteiger partial charge in [0.15, 0.2) is 0 Å². The first kappa shape index (κ1) is 16.9. The molecule has 0 bridgehead atoms. The van der Waals surface area contributed by atoms with Crippen LogP contribution in [0.4, 0.5) is 5.69 Å². The number of halogens is 1. The molecule has 0 aliphatic carbocycles. The van der Waals surface area contributed by atoms with Crippen molar-refractivity contribution in [2.45, 2.75) is 37.6 Å². The summed E-state index contributed by atoms with van der Waals surface area (Å²) in [7, 11) is -2.46. The van der Waals surface area contributed by atoms with Gasteiger partial charge in [-0.1, -0.05) is 18.5 Å². The maximum Gasteiger partial charge on any atom is 0.270 e. The Morgan fingerprint density at radius 1 is 1.40 bits per heavy atom. The smallest absolute Gasteiger partial charge is 0.258 e. The molecule has 6 nitrogen and oxygen atoms in total. The van der Waals surface area contributed by atoms with Crippen molar-refractivity contribution >= 4 is 27.3 Å². The van der Waals surface area contributed by atoms with E-state index in [0.29, 0.717) is 6.42 Å². The fraction of sp³-hybridized carbons (Fsp3) is 0.500. The minimum atomic E-state index is -3.90. The van der Waals surface area contributed by atoms with Crippen molar-refractivity contribution in [3.8, 4) is 0 Å². The largest absolute Gasteiger partial charge is 0.270 e. The maximum absolute atomic E-state index is 12.6. The molecule has 0 saturated heterocycles. The zero-order chi connectivity index (χ0) is 15.7. The van der Waals surface area contributed by atoms with E-state index in [0.717, 1.165) is 6.07 Å². The summed E-state index contributed by atoms with van der Waals surface area (Å²) in [6.45, 7) is 5.41. The molecule has 112 valence electrons. The van der Waals surface area contributed by atoms with Crippen LogP contribution in [0.2, 0.25) is 5.02 Å². The van der Waals surface area contributed by atoms with Crippen LogP contribution in [0.15, 0.2) is 23.1 Å². The Kier molecular flexibility index (Phi) is 4.78. The molecule has 1 aromatic rings. The number of non-ortho nitro benzene ring substituents is 1. The molecule has 0 aromatic heterocycles. The second kappa shape index (κ2) is 5.67. The van der Waals surface area contributed by atoms with Gasteiger partial charge < -0.3 is 0 Å². The number of hydrogen-bond acceptors (Lipinski definition) is 4. The molecule has 0 radical (unpaired) electrons. The Morgan fingerprint density at radius 2 is 1.95 bits per heavy atom. The molecule has 0 amide bonds. The van der Waals surface area contributed by atoms with Gasteiger partial charge in [0.2, 0.25) is 10.0 Å². The van der Waals surface area contributed by atoms with Gasteiger partial charge in [0.25, 0.3) is 5.69 Å². The van der Waals surface area contributed by atoms with E-state index < -0.39 is 20.5 Å². The first-order chi connectivity index (χ1) is 9.04. The summed E-state index contributed by atoms with van der Waals surface area (Å²) >= 11 is 5.89. The molecular formula is C12H17ClN2O4S. The Hall–Kier alpha value is -1.18. The van der Waals surface area contributed by atoms with E-state index in [-0.39, 0.29) is 15.6 Å². The van der Waals surface area contributed by atoms with E-state index in [1.165, 1.54) is 23.5 Å². The SMILES string of the molecule is CCC(C)(C)N(C)S(=O)(=O)c1cc([N+](=O)[O-])ccc1Cl. The van der Waals surface area contributed by atoms with Crippen molar-refractivity contribution in [2.24, 2.45) is 0 Å². The molecule has 0 fully saturated rings. The Balaban J connectivity index is 3.43. The van der Waals surface area contributed by atoms with E-state index >= 15 is 0 Å². The summed E-state index contributed by atoms with van der Waals surface area (Å²) in [6, 6.07) is 3.38. The van der Waals surface area contributed by atoms with Gasteiger partial charge in [0.05, 0.1) is 9.95 Å². The summed E-state index contributed by atoms with van der Waals surface area (Å²) in [4.78, 5) is 9.86. The third-order valence-electron chi connectivity index (χ3n) is 3.48. The Morgan fingerprint density at radius 3 is 2.40 bits per heavy atom. The number of rotatable bonds is 5. The zero-order valence-electron chi connectivity index (χ0n) is 11.8. The fourth-order valence-electron chi connectivity index (χ4n) is 1.50. The fourth-order valence-corrected chi connectivity index (χ4v) is 3.57. The highest BCUT2D eigenvalue weighted by Gasteiger charge is 2.34. The predicted octanol–water partition coefficient (Wildman–Crippen LogP) is 3.06. The molecular weight excluding hydrogens is 304 g/mol. The molecule has 1 aromatic carbocycles. The summed E-state index contributed by atoms with van der Waals surface area (Å²) in [6.07, 6.45) is 0.593. The molecule has 0 heterocycles. The topological polar surface area (TPSA) is 80.5 Å². The van der Waals surface area contributed by atoms with Gasteiger partial charge in [0, 0.05) is 24.7 Å². The summed E-state index contributed by atoms with van der Waals surface area (Å²) < 4.78 is 26.3. The number of hydrogen-bond donors (Lipinski definition) is 0. The van der Waals surface area contributed by atoms with Gasteiger partial charge in [-0.05, 0) is 26.3 Å². The van der Waals surface area contributed by atoms with Crippen LogP contribution >= 0.6 is 11.6 Å². The van der Waals surface area contributed by atoms with Gasteiger partial charge >= 0.3 is 0 Å². The monoisotopic (exact) mass is 320 g/mol. The summed E-state index contributed by atoms with van der Waals surface area (Å²) in [5.41, 5.74) is -0.928. The quantitative estimate of drug-likeness (QED) is 0.617. The third kappa shape index (κ3) is 3.11. The standard InChI is InChI=1S/C12H17ClN2O4S/c1-5-12(2,3)14(4)20(18,19)11-8-9(15(16)17)6-7-10(11)13/h6-8H,5H2,1-4H3. The molecule has 0 spiro atoms. The molecule has 8 heteroatoms. The molecule has 0 N–H and O–H groups in total. The van der Waals surface area contributed by atoms with Crippen LogP contribution in [0.3, 0.4) is 0 Å². The first-order valence-electron chi connectivity index (χ1n) is 5.97. The van der Waals surface area contributed by atoms with Crippen LogP contribution in [-0.2, 0) is 10.0 Å². The molecule has 0 atom stereocenters. The van der Waals surface area contributed by atoms with Crippen LogP contribution in [-0.4, -0.2) is 30.2 Å². The minimum absolute atomic E-state index is 0.0330. The first-order valence-corrected chi connectivity index (χ1v) is 7.79. The molecule has 0 aliphatic rings. The van der Waals surface area contributed by atoms with Crippen molar-refractivity contribution in [1.82, 2.24) is 4.31 Å². The molecule has 20 heavy (non-hydrogen) atoms. The summed E-state index contributed by atoms with van der Waals surface area (Å²) in [5.74, 6) is 0. The van der Waals surface area contributed by atoms with Crippen LogP contribution in [0, 0.1) is 10.1 Å². The van der Waals surface area contributed by atoms with Crippen molar-refractivity contribution in [3.05, 3.63) is 33.3 Å². The average Bonchev–Trinajstić information content (AvgIpc) is 2.37. The predicted molar refractivity (Wildman–Crippen MR) is 77.4 cm³/mol. The van der Waals surface area contributed by atoms with E-state index in [2.05, 4.69) is 0 Å². The number of nitro groups is 1. The van der Waals surface area contributed by atoms with Gasteiger partial charge in [-0.3, -0.25) is 10.1 Å². The third-order valence-corrected chi connectivity index (χ3v) is 6.03. The minimum Gasteiger partial charge on any atom is -0.258 e. The van der Waals surface area contributed by atoms with Crippen LogP contribution in [0.1, 0.15) is 27.2 Å². The molecule has 0 aliphatic heterocycles. The highest BCUT2D eigenvalue weighted by atomic mass is 35.5. The van der Waals surface area contributed by atoms with Gasteiger partial charge in [0.1, 0.15) is 4.90 Å². The Labute approximate surface area is 123 Å². The average molecular weight is 321 g/mol. The van der Waals surface area contributed by atoms with Crippen molar-refractivity contribution in [2.75, 3.05) is 7.05 Å². The lowest BCUT2D eigenvalue weighted by atomic mass is 10.0. The Bertz CT molecular complexity index is 628. The number of nitrogens with zero attached hydrogens (tertiary/aromatic N) is 2. The van der Waals surface area contributed by atoms with E-state index in [4.69, 9.17) is 11.6 Å². The lowest BCUT2D eigenvalue weighted by molar-refractivity contribution is -0.385. The van der Waals surface area contributed by atoms with Gasteiger partial charge in [-0.2, -0.15) is 4.31 Å². The van der Waals surface area contributed by atoms with Crippen molar-refractivity contribution in [3.63, 3.8) is 0 Å². The van der Waals surface area contributed by atoms with Crippen molar-refractivity contribution < 1.29 is 13.3 Å². The van der Waals surface area contributed by atoms with Gasteiger partial charge in [-0.15, -0.1) is 0 Å².